The van der Waals surface area contributed by atoms with E-state index in [1.807, 2.05) is 43.3 Å². The van der Waals surface area contributed by atoms with Crippen LogP contribution in [0.15, 0.2) is 36.4 Å². The highest BCUT2D eigenvalue weighted by Gasteiger charge is 2.17. The highest BCUT2D eigenvalue weighted by atomic mass is 35.5. The maximum absolute atomic E-state index is 11.9. The monoisotopic (exact) mass is 276 g/mol. The second-order valence-electron chi connectivity index (χ2n) is 4.46. The van der Waals surface area contributed by atoms with Crippen LogP contribution in [0.3, 0.4) is 0 Å². The van der Waals surface area contributed by atoms with Crippen molar-refractivity contribution < 1.29 is 4.79 Å². The molecular weight excluding hydrogens is 260 g/mol. The highest BCUT2D eigenvalue weighted by Crippen LogP contribution is 2.14. The van der Waals surface area contributed by atoms with Crippen molar-refractivity contribution in [3.8, 4) is 0 Å². The molecule has 1 unspecified atom stereocenters. The summed E-state index contributed by atoms with van der Waals surface area (Å²) in [7, 11) is 0. The van der Waals surface area contributed by atoms with Crippen LogP contribution in [0.4, 0.5) is 0 Å². The van der Waals surface area contributed by atoms with Crippen LogP contribution in [0, 0.1) is 0 Å². The van der Waals surface area contributed by atoms with Gasteiger partial charge in [-0.25, -0.2) is 0 Å². The Labute approximate surface area is 118 Å². The number of benzene rings is 1. The SMILES string of the molecule is CCN(Cc1ccc2ccccc2n1)C(=O)C(C)Cl. The molecule has 0 aliphatic heterocycles. The lowest BCUT2D eigenvalue weighted by molar-refractivity contribution is -0.130. The molecule has 19 heavy (non-hydrogen) atoms. The van der Waals surface area contributed by atoms with Crippen LogP contribution in [0.5, 0.6) is 0 Å². The van der Waals surface area contributed by atoms with Crippen molar-refractivity contribution in [3.05, 3.63) is 42.1 Å². The summed E-state index contributed by atoms with van der Waals surface area (Å²) in [6.45, 7) is 4.76. The Bertz CT molecular complexity index is 583. The maximum Gasteiger partial charge on any atom is 0.240 e. The van der Waals surface area contributed by atoms with Gasteiger partial charge in [-0.1, -0.05) is 24.3 Å². The molecule has 0 aliphatic rings. The fourth-order valence-corrected chi connectivity index (χ4v) is 2.13. The lowest BCUT2D eigenvalue weighted by atomic mass is 10.2. The number of halogens is 1. The number of amides is 1. The molecule has 2 aromatic rings. The molecule has 4 heteroatoms. The normalized spacial score (nSPS) is 12.4. The van der Waals surface area contributed by atoms with Crippen LogP contribution in [-0.2, 0) is 11.3 Å². The molecule has 1 atom stereocenters. The third-order valence-corrected chi connectivity index (χ3v) is 3.23. The van der Waals surface area contributed by atoms with E-state index in [4.69, 9.17) is 11.6 Å². The van der Waals surface area contributed by atoms with Gasteiger partial charge in [-0.15, -0.1) is 11.6 Å². The van der Waals surface area contributed by atoms with E-state index in [0.717, 1.165) is 16.6 Å². The molecule has 0 saturated heterocycles. The summed E-state index contributed by atoms with van der Waals surface area (Å²) in [5, 5.41) is 0.603. The summed E-state index contributed by atoms with van der Waals surface area (Å²) in [5.74, 6) is -0.0564. The summed E-state index contributed by atoms with van der Waals surface area (Å²) in [4.78, 5) is 18.2. The molecule has 0 bridgehead atoms. The molecule has 0 spiro atoms. The van der Waals surface area contributed by atoms with Crippen molar-refractivity contribution in [1.29, 1.82) is 0 Å². The Morgan fingerprint density at radius 1 is 1.32 bits per heavy atom. The Balaban J connectivity index is 2.22. The zero-order chi connectivity index (χ0) is 13.8. The van der Waals surface area contributed by atoms with Crippen LogP contribution < -0.4 is 0 Å². The summed E-state index contributed by atoms with van der Waals surface area (Å²) in [5.41, 5.74) is 1.83. The zero-order valence-electron chi connectivity index (χ0n) is 11.1. The molecule has 1 aromatic heterocycles. The molecule has 3 nitrogen and oxygen atoms in total. The van der Waals surface area contributed by atoms with Gasteiger partial charge in [0.15, 0.2) is 0 Å². The van der Waals surface area contributed by atoms with Crippen LogP contribution >= 0.6 is 11.6 Å². The van der Waals surface area contributed by atoms with E-state index >= 15 is 0 Å². The number of hydrogen-bond donors (Lipinski definition) is 0. The number of rotatable bonds is 4. The van der Waals surface area contributed by atoms with E-state index in [9.17, 15) is 4.79 Å². The van der Waals surface area contributed by atoms with Crippen LogP contribution in [0.25, 0.3) is 10.9 Å². The van der Waals surface area contributed by atoms with Crippen molar-refractivity contribution in [2.45, 2.75) is 25.8 Å². The Morgan fingerprint density at radius 2 is 2.05 bits per heavy atom. The average molecular weight is 277 g/mol. The van der Waals surface area contributed by atoms with Gasteiger partial charge in [-0.3, -0.25) is 9.78 Å². The first-order valence-electron chi connectivity index (χ1n) is 6.39. The van der Waals surface area contributed by atoms with E-state index in [1.54, 1.807) is 11.8 Å². The van der Waals surface area contributed by atoms with Crippen LogP contribution in [0.2, 0.25) is 0 Å². The summed E-state index contributed by atoms with van der Waals surface area (Å²) < 4.78 is 0. The quantitative estimate of drug-likeness (QED) is 0.804. The van der Waals surface area contributed by atoms with Gasteiger partial charge < -0.3 is 4.90 Å². The van der Waals surface area contributed by atoms with Crippen molar-refractivity contribution in [2.24, 2.45) is 0 Å². The molecule has 100 valence electrons. The summed E-state index contributed by atoms with van der Waals surface area (Å²) in [6.07, 6.45) is 0. The second kappa shape index (κ2) is 6.02. The Kier molecular flexibility index (Phi) is 4.38. The fraction of sp³-hybridized carbons (Fsp3) is 0.333. The van der Waals surface area contributed by atoms with Gasteiger partial charge in [-0.2, -0.15) is 0 Å². The average Bonchev–Trinajstić information content (AvgIpc) is 2.43. The number of hydrogen-bond acceptors (Lipinski definition) is 2. The van der Waals surface area contributed by atoms with E-state index in [2.05, 4.69) is 4.98 Å². The molecule has 2 rings (SSSR count). The minimum Gasteiger partial charge on any atom is -0.336 e. The third kappa shape index (κ3) is 3.24. The lowest BCUT2D eigenvalue weighted by Gasteiger charge is -2.21. The number of carbonyl (C=O) groups is 1. The Hall–Kier alpha value is -1.61. The number of alkyl halides is 1. The predicted octanol–water partition coefficient (Wildman–Crippen LogP) is 3.21. The molecular formula is C15H17ClN2O. The molecule has 1 aromatic carbocycles. The highest BCUT2D eigenvalue weighted by molar-refractivity contribution is 6.30. The molecule has 1 heterocycles. The fourth-order valence-electron chi connectivity index (χ4n) is 1.99. The third-order valence-electron chi connectivity index (χ3n) is 3.04. The van der Waals surface area contributed by atoms with E-state index in [0.29, 0.717) is 13.1 Å². The van der Waals surface area contributed by atoms with E-state index in [1.165, 1.54) is 0 Å². The summed E-state index contributed by atoms with van der Waals surface area (Å²) in [6, 6.07) is 11.9. The number of nitrogens with zero attached hydrogens (tertiary/aromatic N) is 2. The molecule has 0 fully saturated rings. The number of aromatic nitrogens is 1. The molecule has 0 saturated carbocycles. The first-order valence-corrected chi connectivity index (χ1v) is 6.83. The first-order chi connectivity index (χ1) is 9.11. The minimum atomic E-state index is -0.500. The second-order valence-corrected chi connectivity index (χ2v) is 5.12. The van der Waals surface area contributed by atoms with Gasteiger partial charge in [0.1, 0.15) is 5.38 Å². The smallest absolute Gasteiger partial charge is 0.240 e. The minimum absolute atomic E-state index is 0.0564. The van der Waals surface area contributed by atoms with Gasteiger partial charge in [0.25, 0.3) is 0 Å². The van der Waals surface area contributed by atoms with Crippen LogP contribution in [0.1, 0.15) is 19.5 Å². The molecule has 0 N–H and O–H groups in total. The molecule has 0 aliphatic carbocycles. The largest absolute Gasteiger partial charge is 0.336 e. The van der Waals surface area contributed by atoms with Crippen molar-refractivity contribution >= 4 is 28.4 Å². The number of carbonyl (C=O) groups excluding carboxylic acids is 1. The number of fused-ring (bicyclic) bond motifs is 1. The van der Waals surface area contributed by atoms with Gasteiger partial charge in [0.05, 0.1) is 17.8 Å². The van der Waals surface area contributed by atoms with Gasteiger partial charge in [0.2, 0.25) is 5.91 Å². The topological polar surface area (TPSA) is 33.2 Å². The summed E-state index contributed by atoms with van der Waals surface area (Å²) >= 11 is 5.85. The number of para-hydroxylation sites is 1. The van der Waals surface area contributed by atoms with Crippen molar-refractivity contribution in [1.82, 2.24) is 9.88 Å². The first kappa shape index (κ1) is 13.8. The van der Waals surface area contributed by atoms with Crippen molar-refractivity contribution in [2.75, 3.05) is 6.54 Å². The van der Waals surface area contributed by atoms with E-state index < -0.39 is 5.38 Å². The maximum atomic E-state index is 11.9. The lowest BCUT2D eigenvalue weighted by Crippen LogP contribution is -2.35. The van der Waals surface area contributed by atoms with Crippen molar-refractivity contribution in [3.63, 3.8) is 0 Å². The number of pyridine rings is 1. The zero-order valence-corrected chi connectivity index (χ0v) is 11.9. The van der Waals surface area contributed by atoms with Gasteiger partial charge in [0, 0.05) is 11.9 Å². The van der Waals surface area contributed by atoms with Gasteiger partial charge in [-0.05, 0) is 26.0 Å². The molecule has 0 radical (unpaired) electrons. The predicted molar refractivity (Wildman–Crippen MR) is 78.1 cm³/mol. The van der Waals surface area contributed by atoms with Crippen LogP contribution in [-0.4, -0.2) is 27.7 Å². The standard InChI is InChI=1S/C15H17ClN2O/c1-3-18(15(19)11(2)16)10-13-9-8-12-6-4-5-7-14(12)17-13/h4-9,11H,3,10H2,1-2H3. The van der Waals surface area contributed by atoms with Gasteiger partial charge >= 0.3 is 0 Å². The van der Waals surface area contributed by atoms with E-state index in [-0.39, 0.29) is 5.91 Å². The molecule has 1 amide bonds. The Morgan fingerprint density at radius 3 is 2.74 bits per heavy atom.